The van der Waals surface area contributed by atoms with Crippen LogP contribution in [0, 0.1) is 5.82 Å². The topological polar surface area (TPSA) is 12.0 Å². The summed E-state index contributed by atoms with van der Waals surface area (Å²) in [4.78, 5) is 1.27. The summed E-state index contributed by atoms with van der Waals surface area (Å²) in [7, 11) is 0. The Kier molecular flexibility index (Phi) is 4.92. The molecule has 4 heteroatoms. The van der Waals surface area contributed by atoms with Gasteiger partial charge >= 0.3 is 0 Å². The van der Waals surface area contributed by atoms with Crippen molar-refractivity contribution in [2.45, 2.75) is 19.4 Å². The van der Waals surface area contributed by atoms with Crippen molar-refractivity contribution < 1.29 is 4.39 Å². The van der Waals surface area contributed by atoms with E-state index in [4.69, 9.17) is 0 Å². The van der Waals surface area contributed by atoms with Gasteiger partial charge in [-0.05, 0) is 30.1 Å². The van der Waals surface area contributed by atoms with Gasteiger partial charge in [0.1, 0.15) is 5.82 Å². The second-order valence-corrected chi connectivity index (χ2v) is 6.01. The summed E-state index contributed by atoms with van der Waals surface area (Å²) < 4.78 is 14.8. The fourth-order valence-electron chi connectivity index (χ4n) is 1.95. The van der Waals surface area contributed by atoms with Gasteiger partial charge in [0.15, 0.2) is 0 Å². The number of halogens is 2. The van der Waals surface area contributed by atoms with Gasteiger partial charge in [0.25, 0.3) is 0 Å². The highest BCUT2D eigenvalue weighted by Gasteiger charge is 2.16. The van der Waals surface area contributed by atoms with Gasteiger partial charge in [-0.3, -0.25) is 0 Å². The zero-order valence-corrected chi connectivity index (χ0v) is 12.5. The molecule has 0 spiro atoms. The van der Waals surface area contributed by atoms with Crippen LogP contribution < -0.4 is 5.32 Å². The van der Waals surface area contributed by atoms with Gasteiger partial charge in [0.05, 0.1) is 0 Å². The van der Waals surface area contributed by atoms with Crippen LogP contribution in [0.3, 0.4) is 0 Å². The third-order valence-corrected chi connectivity index (χ3v) is 4.17. The zero-order chi connectivity index (χ0) is 13.0. The minimum atomic E-state index is -0.160. The third-order valence-electron chi connectivity index (χ3n) is 2.77. The second kappa shape index (κ2) is 6.45. The molecule has 0 radical (unpaired) electrons. The van der Waals surface area contributed by atoms with Crippen LogP contribution in [0.2, 0.25) is 0 Å². The lowest BCUT2D eigenvalue weighted by molar-refractivity contribution is 0.512. The largest absolute Gasteiger partial charge is 0.310 e. The Morgan fingerprint density at radius 2 is 2.22 bits per heavy atom. The van der Waals surface area contributed by atoms with E-state index in [0.717, 1.165) is 23.0 Å². The molecule has 1 aromatic heterocycles. The number of nitrogens with one attached hydrogen (secondary N) is 1. The van der Waals surface area contributed by atoms with Gasteiger partial charge in [0.2, 0.25) is 0 Å². The molecule has 0 saturated carbocycles. The summed E-state index contributed by atoms with van der Waals surface area (Å²) in [6.07, 6.45) is 0.823. The maximum atomic E-state index is 14.0. The third kappa shape index (κ3) is 3.40. The van der Waals surface area contributed by atoms with Crippen LogP contribution >= 0.6 is 27.3 Å². The first-order valence-corrected chi connectivity index (χ1v) is 7.58. The highest BCUT2D eigenvalue weighted by Crippen LogP contribution is 2.25. The molecule has 2 rings (SSSR count). The first-order valence-electron chi connectivity index (χ1n) is 5.91. The van der Waals surface area contributed by atoms with Crippen molar-refractivity contribution in [3.8, 4) is 0 Å². The van der Waals surface area contributed by atoms with E-state index < -0.39 is 0 Å². The normalized spacial score (nSPS) is 12.6. The number of rotatable bonds is 5. The van der Waals surface area contributed by atoms with Crippen LogP contribution in [-0.4, -0.2) is 6.54 Å². The zero-order valence-electron chi connectivity index (χ0n) is 10.1. The van der Waals surface area contributed by atoms with Crippen molar-refractivity contribution in [1.82, 2.24) is 5.32 Å². The van der Waals surface area contributed by atoms with Crippen molar-refractivity contribution in [1.29, 1.82) is 0 Å². The van der Waals surface area contributed by atoms with Gasteiger partial charge < -0.3 is 5.32 Å². The first kappa shape index (κ1) is 13.7. The summed E-state index contributed by atoms with van der Waals surface area (Å²) in [5, 5.41) is 5.40. The van der Waals surface area contributed by atoms with Crippen LogP contribution in [0.5, 0.6) is 0 Å². The van der Waals surface area contributed by atoms with Crippen molar-refractivity contribution in [3.63, 3.8) is 0 Å². The predicted molar refractivity (Wildman–Crippen MR) is 78.5 cm³/mol. The molecular weight excluding hydrogens is 313 g/mol. The number of thiophene rings is 1. The SMILES string of the molecule is CCNC(Cc1cccs1)c1ccc(Br)cc1F. The lowest BCUT2D eigenvalue weighted by Crippen LogP contribution is -2.23. The summed E-state index contributed by atoms with van der Waals surface area (Å²) in [5.74, 6) is -0.160. The average Bonchev–Trinajstić information content (AvgIpc) is 2.81. The van der Waals surface area contributed by atoms with Crippen LogP contribution in [0.4, 0.5) is 4.39 Å². The van der Waals surface area contributed by atoms with Crippen molar-refractivity contribution in [2.75, 3.05) is 6.54 Å². The van der Waals surface area contributed by atoms with E-state index in [1.54, 1.807) is 11.3 Å². The van der Waals surface area contributed by atoms with Crippen LogP contribution in [0.25, 0.3) is 0 Å². The molecule has 0 fully saturated rings. The van der Waals surface area contributed by atoms with Crippen molar-refractivity contribution >= 4 is 27.3 Å². The standard InChI is InChI=1S/C14H15BrFNS/c1-2-17-14(9-11-4-3-7-18-11)12-6-5-10(15)8-13(12)16/h3-8,14,17H,2,9H2,1H3. The molecular formula is C14H15BrFNS. The van der Waals surface area contributed by atoms with E-state index in [1.807, 2.05) is 25.1 Å². The molecule has 1 nitrogen and oxygen atoms in total. The Hall–Kier alpha value is -0.710. The Morgan fingerprint density at radius 1 is 1.39 bits per heavy atom. The van der Waals surface area contributed by atoms with E-state index in [0.29, 0.717) is 0 Å². The van der Waals surface area contributed by atoms with Crippen molar-refractivity contribution in [3.05, 3.63) is 56.4 Å². The smallest absolute Gasteiger partial charge is 0.129 e. The number of hydrogen-bond donors (Lipinski definition) is 1. The van der Waals surface area contributed by atoms with E-state index in [2.05, 4.69) is 32.7 Å². The van der Waals surface area contributed by atoms with Gasteiger partial charge in [-0.1, -0.05) is 35.0 Å². The lowest BCUT2D eigenvalue weighted by atomic mass is 10.0. The Morgan fingerprint density at radius 3 is 2.83 bits per heavy atom. The molecule has 0 bridgehead atoms. The summed E-state index contributed by atoms with van der Waals surface area (Å²) in [6.45, 7) is 2.86. The minimum Gasteiger partial charge on any atom is -0.310 e. The van der Waals surface area contributed by atoms with Gasteiger partial charge in [-0.2, -0.15) is 0 Å². The maximum Gasteiger partial charge on any atom is 0.129 e. The predicted octanol–water partition coefficient (Wildman–Crippen LogP) is 4.54. The fourth-order valence-corrected chi connectivity index (χ4v) is 3.04. The Bertz CT molecular complexity index is 499. The maximum absolute atomic E-state index is 14.0. The number of likely N-dealkylation sites (N-methyl/N-ethyl adjacent to an activating group) is 1. The quantitative estimate of drug-likeness (QED) is 0.849. The minimum absolute atomic E-state index is 0.0294. The van der Waals surface area contributed by atoms with E-state index in [9.17, 15) is 4.39 Å². The van der Waals surface area contributed by atoms with Gasteiger partial charge in [-0.25, -0.2) is 4.39 Å². The Balaban J connectivity index is 2.23. The molecule has 96 valence electrons. The lowest BCUT2D eigenvalue weighted by Gasteiger charge is -2.18. The highest BCUT2D eigenvalue weighted by atomic mass is 79.9. The molecule has 1 aromatic carbocycles. The molecule has 0 aliphatic heterocycles. The summed E-state index contributed by atoms with van der Waals surface area (Å²) in [6, 6.07) is 9.40. The Labute approximate surface area is 119 Å². The van der Waals surface area contributed by atoms with E-state index in [-0.39, 0.29) is 11.9 Å². The molecule has 0 aliphatic rings. The van der Waals surface area contributed by atoms with Crippen LogP contribution in [0.1, 0.15) is 23.4 Å². The van der Waals surface area contributed by atoms with E-state index >= 15 is 0 Å². The number of hydrogen-bond acceptors (Lipinski definition) is 2. The average molecular weight is 328 g/mol. The molecule has 1 heterocycles. The molecule has 0 amide bonds. The molecule has 2 aromatic rings. The van der Waals surface area contributed by atoms with Crippen LogP contribution in [-0.2, 0) is 6.42 Å². The second-order valence-electron chi connectivity index (χ2n) is 4.06. The molecule has 0 saturated heterocycles. The molecule has 18 heavy (non-hydrogen) atoms. The van der Waals surface area contributed by atoms with Gasteiger partial charge in [0, 0.05) is 27.4 Å². The molecule has 1 unspecified atom stereocenters. The van der Waals surface area contributed by atoms with E-state index in [1.165, 1.54) is 10.9 Å². The summed E-state index contributed by atoms with van der Waals surface area (Å²) in [5.41, 5.74) is 0.730. The summed E-state index contributed by atoms with van der Waals surface area (Å²) >= 11 is 5.00. The molecule has 0 aliphatic carbocycles. The van der Waals surface area contributed by atoms with Crippen molar-refractivity contribution in [2.24, 2.45) is 0 Å². The van der Waals surface area contributed by atoms with Gasteiger partial charge in [-0.15, -0.1) is 11.3 Å². The fraction of sp³-hybridized carbons (Fsp3) is 0.286. The number of benzene rings is 1. The molecule has 1 atom stereocenters. The highest BCUT2D eigenvalue weighted by molar-refractivity contribution is 9.10. The monoisotopic (exact) mass is 327 g/mol. The first-order chi connectivity index (χ1) is 8.70. The molecule has 1 N–H and O–H groups in total. The van der Waals surface area contributed by atoms with Crippen LogP contribution in [0.15, 0.2) is 40.2 Å².